The normalized spacial score (nSPS) is 11.8. The van der Waals surface area contributed by atoms with Gasteiger partial charge in [-0.05, 0) is 18.6 Å². The lowest BCUT2D eigenvalue weighted by molar-refractivity contribution is 0.568. The maximum Gasteiger partial charge on any atom is 0.180 e. The van der Waals surface area contributed by atoms with Crippen LogP contribution in [0.4, 0.5) is 5.13 Å². The molecule has 2 aromatic rings. The molecule has 0 unspecified atom stereocenters. The zero-order chi connectivity index (χ0) is 14.2. The Morgan fingerprint density at radius 3 is 2.63 bits per heavy atom. The third kappa shape index (κ3) is 3.37. The fourth-order valence-corrected chi connectivity index (χ4v) is 3.54. The quantitative estimate of drug-likeness (QED) is 0.862. The van der Waals surface area contributed by atoms with E-state index in [0.717, 1.165) is 16.6 Å². The first kappa shape index (κ1) is 14.5. The van der Waals surface area contributed by atoms with Crippen LogP contribution in [0.5, 0.6) is 0 Å². The molecule has 2 rings (SSSR count). The van der Waals surface area contributed by atoms with Crippen molar-refractivity contribution in [1.82, 2.24) is 4.98 Å². The second-order valence-electron chi connectivity index (χ2n) is 5.85. The second kappa shape index (κ2) is 5.25. The predicted molar refractivity (Wildman–Crippen MR) is 86.9 cm³/mol. The van der Waals surface area contributed by atoms with Gasteiger partial charge in [-0.3, -0.25) is 0 Å². The van der Waals surface area contributed by atoms with Gasteiger partial charge in [-0.1, -0.05) is 54.4 Å². The topological polar surface area (TPSA) is 38.9 Å². The van der Waals surface area contributed by atoms with Crippen molar-refractivity contribution in [2.45, 2.75) is 39.5 Å². The molecular formula is C15H19BrN2S. The Balaban J connectivity index is 2.41. The summed E-state index contributed by atoms with van der Waals surface area (Å²) in [6.07, 6.45) is 0.879. The lowest BCUT2D eigenvalue weighted by atomic mass is 9.90. The highest BCUT2D eigenvalue weighted by atomic mass is 79.9. The Morgan fingerprint density at radius 2 is 2.00 bits per heavy atom. The van der Waals surface area contributed by atoms with Gasteiger partial charge < -0.3 is 5.73 Å². The van der Waals surface area contributed by atoms with E-state index in [4.69, 9.17) is 5.73 Å². The molecule has 0 spiro atoms. The molecule has 1 aromatic carbocycles. The summed E-state index contributed by atoms with van der Waals surface area (Å²) in [6, 6.07) is 6.43. The minimum absolute atomic E-state index is 0.0275. The van der Waals surface area contributed by atoms with Crippen LogP contribution < -0.4 is 5.73 Å². The molecule has 0 radical (unpaired) electrons. The van der Waals surface area contributed by atoms with Crippen molar-refractivity contribution in [3.8, 4) is 0 Å². The number of nitrogens with two attached hydrogens (primary N) is 1. The Labute approximate surface area is 127 Å². The number of hydrogen-bond acceptors (Lipinski definition) is 3. The number of anilines is 1. The molecule has 0 atom stereocenters. The zero-order valence-electron chi connectivity index (χ0n) is 11.7. The number of rotatable bonds is 2. The van der Waals surface area contributed by atoms with E-state index < -0.39 is 0 Å². The van der Waals surface area contributed by atoms with Crippen molar-refractivity contribution in [3.05, 3.63) is 44.4 Å². The lowest BCUT2D eigenvalue weighted by Crippen LogP contribution is -2.14. The molecule has 2 N–H and O–H groups in total. The van der Waals surface area contributed by atoms with Gasteiger partial charge >= 0.3 is 0 Å². The van der Waals surface area contributed by atoms with Gasteiger partial charge in [0.15, 0.2) is 5.13 Å². The summed E-state index contributed by atoms with van der Waals surface area (Å²) in [6.45, 7) is 8.64. The minimum atomic E-state index is 0.0275. The van der Waals surface area contributed by atoms with Crippen molar-refractivity contribution in [2.75, 3.05) is 5.73 Å². The van der Waals surface area contributed by atoms with Crippen LogP contribution in [0.25, 0.3) is 0 Å². The van der Waals surface area contributed by atoms with Crippen molar-refractivity contribution < 1.29 is 0 Å². The SMILES string of the molecule is Cc1ccc(Br)c(Cc2sc(N)nc2C(C)(C)C)c1. The molecule has 0 aliphatic rings. The fourth-order valence-electron chi connectivity index (χ4n) is 2.09. The zero-order valence-corrected chi connectivity index (χ0v) is 14.2. The Hall–Kier alpha value is -0.870. The number of halogens is 1. The van der Waals surface area contributed by atoms with Crippen LogP contribution in [-0.2, 0) is 11.8 Å². The summed E-state index contributed by atoms with van der Waals surface area (Å²) in [5.74, 6) is 0. The molecule has 0 bridgehead atoms. The van der Waals surface area contributed by atoms with Gasteiger partial charge in [-0.25, -0.2) is 4.98 Å². The van der Waals surface area contributed by atoms with Crippen LogP contribution in [0, 0.1) is 6.92 Å². The molecular weight excluding hydrogens is 320 g/mol. The van der Waals surface area contributed by atoms with Gasteiger partial charge in [0.25, 0.3) is 0 Å². The number of thiazole rings is 1. The largest absolute Gasteiger partial charge is 0.375 e. The van der Waals surface area contributed by atoms with E-state index >= 15 is 0 Å². The molecule has 0 aliphatic carbocycles. The molecule has 2 nitrogen and oxygen atoms in total. The Bertz CT molecular complexity index is 597. The molecule has 0 fully saturated rings. The third-order valence-corrected chi connectivity index (χ3v) is 4.63. The predicted octanol–water partition coefficient (Wildman–Crippen LogP) is 4.68. The van der Waals surface area contributed by atoms with Gasteiger partial charge in [0.1, 0.15) is 0 Å². The fraction of sp³-hybridized carbons (Fsp3) is 0.400. The van der Waals surface area contributed by atoms with E-state index in [9.17, 15) is 0 Å². The van der Waals surface area contributed by atoms with Crippen LogP contribution in [0.1, 0.15) is 42.5 Å². The van der Waals surface area contributed by atoms with Gasteiger partial charge in [0.2, 0.25) is 0 Å². The number of hydrogen-bond donors (Lipinski definition) is 1. The van der Waals surface area contributed by atoms with E-state index in [1.54, 1.807) is 11.3 Å². The summed E-state index contributed by atoms with van der Waals surface area (Å²) < 4.78 is 1.14. The molecule has 0 amide bonds. The third-order valence-electron chi connectivity index (χ3n) is 2.98. The second-order valence-corrected chi connectivity index (χ2v) is 7.82. The first-order valence-corrected chi connectivity index (χ1v) is 7.89. The van der Waals surface area contributed by atoms with Gasteiger partial charge in [-0.2, -0.15) is 0 Å². The molecule has 0 saturated carbocycles. The van der Waals surface area contributed by atoms with Crippen molar-refractivity contribution >= 4 is 32.4 Å². The highest BCUT2D eigenvalue weighted by Gasteiger charge is 2.23. The lowest BCUT2D eigenvalue weighted by Gasteiger charge is -2.18. The van der Waals surface area contributed by atoms with E-state index in [-0.39, 0.29) is 5.41 Å². The van der Waals surface area contributed by atoms with E-state index in [2.05, 4.69) is 66.8 Å². The smallest absolute Gasteiger partial charge is 0.180 e. The Morgan fingerprint density at radius 1 is 1.32 bits per heavy atom. The number of aromatic nitrogens is 1. The van der Waals surface area contributed by atoms with Crippen LogP contribution in [0.2, 0.25) is 0 Å². The minimum Gasteiger partial charge on any atom is -0.375 e. The van der Waals surface area contributed by atoms with E-state index in [0.29, 0.717) is 5.13 Å². The van der Waals surface area contributed by atoms with E-state index in [1.165, 1.54) is 16.0 Å². The van der Waals surface area contributed by atoms with Crippen molar-refractivity contribution in [2.24, 2.45) is 0 Å². The first-order valence-electron chi connectivity index (χ1n) is 6.28. The molecule has 0 saturated heterocycles. The van der Waals surface area contributed by atoms with Crippen molar-refractivity contribution in [3.63, 3.8) is 0 Å². The maximum absolute atomic E-state index is 5.89. The number of nitrogen functional groups attached to an aromatic ring is 1. The molecule has 19 heavy (non-hydrogen) atoms. The number of nitrogens with zero attached hydrogens (tertiary/aromatic N) is 1. The average molecular weight is 339 g/mol. The maximum atomic E-state index is 5.89. The standard InChI is InChI=1S/C15H19BrN2S/c1-9-5-6-11(16)10(7-9)8-12-13(15(2,3)4)18-14(17)19-12/h5-7H,8H2,1-4H3,(H2,17,18). The summed E-state index contributed by atoms with van der Waals surface area (Å²) >= 11 is 5.22. The molecule has 1 aromatic heterocycles. The van der Waals surface area contributed by atoms with Crippen LogP contribution in [0.15, 0.2) is 22.7 Å². The first-order chi connectivity index (χ1) is 8.77. The van der Waals surface area contributed by atoms with Gasteiger partial charge in [-0.15, -0.1) is 11.3 Å². The highest BCUT2D eigenvalue weighted by molar-refractivity contribution is 9.10. The van der Waals surface area contributed by atoms with Crippen LogP contribution in [0.3, 0.4) is 0 Å². The van der Waals surface area contributed by atoms with E-state index in [1.807, 2.05) is 0 Å². The molecule has 4 heteroatoms. The van der Waals surface area contributed by atoms with Crippen LogP contribution >= 0.6 is 27.3 Å². The monoisotopic (exact) mass is 338 g/mol. The van der Waals surface area contributed by atoms with Gasteiger partial charge in [0.05, 0.1) is 5.69 Å². The molecule has 0 aliphatic heterocycles. The Kier molecular flexibility index (Phi) is 4.02. The molecule has 102 valence electrons. The summed E-state index contributed by atoms with van der Waals surface area (Å²) in [5, 5.41) is 0.656. The van der Waals surface area contributed by atoms with Gasteiger partial charge in [0, 0.05) is 21.2 Å². The summed E-state index contributed by atoms with van der Waals surface area (Å²) in [7, 11) is 0. The van der Waals surface area contributed by atoms with Crippen LogP contribution in [-0.4, -0.2) is 4.98 Å². The molecule has 1 heterocycles. The highest BCUT2D eigenvalue weighted by Crippen LogP contribution is 2.33. The number of benzene rings is 1. The number of aryl methyl sites for hydroxylation is 1. The average Bonchev–Trinajstić information content (AvgIpc) is 2.65. The summed E-state index contributed by atoms with van der Waals surface area (Å²) in [5.41, 5.74) is 9.59. The summed E-state index contributed by atoms with van der Waals surface area (Å²) in [4.78, 5) is 5.77. The van der Waals surface area contributed by atoms with Crippen molar-refractivity contribution in [1.29, 1.82) is 0 Å².